The first-order valence-corrected chi connectivity index (χ1v) is 17.3. The van der Waals surface area contributed by atoms with Gasteiger partial charge < -0.3 is 19.9 Å². The maximum Gasteiger partial charge on any atom is 0.238 e. The lowest BCUT2D eigenvalue weighted by Crippen LogP contribution is -2.34. The molecule has 3 aromatic carbocycles. The Morgan fingerprint density at radius 3 is 2.48 bits per heavy atom. The number of hydrogen-bond acceptors (Lipinski definition) is 6. The van der Waals surface area contributed by atoms with E-state index in [1.165, 1.54) is 21.6 Å². The molecular weight excluding hydrogens is 691 g/mol. The molecule has 0 radical (unpaired) electrons. The molecule has 8 heteroatoms. The van der Waals surface area contributed by atoms with Crippen molar-refractivity contribution in [2.75, 3.05) is 23.9 Å². The fraction of sp³-hybridized carbons (Fsp3) is 0.368. The fourth-order valence-electron chi connectivity index (χ4n) is 7.38. The summed E-state index contributed by atoms with van der Waals surface area (Å²) in [7, 11) is 1.56. The lowest BCUT2D eigenvalue weighted by atomic mass is 9.68. The van der Waals surface area contributed by atoms with E-state index in [9.17, 15) is 14.7 Å². The molecule has 2 heterocycles. The Morgan fingerprint density at radius 1 is 1.04 bits per heavy atom. The van der Waals surface area contributed by atoms with Crippen molar-refractivity contribution in [3.63, 3.8) is 0 Å². The molecule has 0 unspecified atom stereocenters. The van der Waals surface area contributed by atoms with Crippen molar-refractivity contribution in [1.82, 2.24) is 0 Å². The Labute approximate surface area is 284 Å². The van der Waals surface area contributed by atoms with Crippen molar-refractivity contribution in [2.45, 2.75) is 58.5 Å². The zero-order valence-electron chi connectivity index (χ0n) is 26.6. The number of para-hydroxylation sites is 1. The Balaban J connectivity index is 1.19. The zero-order valence-corrected chi connectivity index (χ0v) is 28.8. The third kappa shape index (κ3) is 6.34. The van der Waals surface area contributed by atoms with Gasteiger partial charge in [-0.2, -0.15) is 0 Å². The van der Waals surface area contributed by atoms with Gasteiger partial charge in [-0.3, -0.25) is 14.5 Å². The van der Waals surface area contributed by atoms with Crippen LogP contribution in [0, 0.1) is 21.3 Å². The molecule has 1 aliphatic carbocycles. The normalized spacial score (nSPS) is 22.7. The third-order valence-corrected chi connectivity index (χ3v) is 10.4. The van der Waals surface area contributed by atoms with E-state index in [0.29, 0.717) is 24.5 Å². The van der Waals surface area contributed by atoms with E-state index in [1.54, 1.807) is 7.11 Å². The number of anilines is 3. The van der Waals surface area contributed by atoms with Gasteiger partial charge in [0.1, 0.15) is 0 Å². The van der Waals surface area contributed by atoms with Crippen LogP contribution in [-0.4, -0.2) is 36.7 Å². The van der Waals surface area contributed by atoms with E-state index in [2.05, 4.69) is 47.8 Å². The van der Waals surface area contributed by atoms with Gasteiger partial charge in [0.05, 0.1) is 40.9 Å². The fourth-order valence-corrected chi connectivity index (χ4v) is 8.01. The monoisotopic (exact) mass is 732 g/mol. The van der Waals surface area contributed by atoms with Crippen molar-refractivity contribution in [2.24, 2.45) is 17.8 Å². The number of benzene rings is 3. The molecule has 240 valence electrons. The molecule has 2 N–H and O–H groups in total. The second kappa shape index (κ2) is 14.0. The SMILES string of the molecule is CCCC1=C2[C@@H](CC/C(=C/c3cc(I)c(O)c(OC)c3)CC)OC[C@@H]2[C@@H]2C(=O)N(c3ccc(Nc4ccccc4)cc3)C(=O)[C@@H]2C1. The molecule has 0 bridgehead atoms. The van der Waals surface area contributed by atoms with Gasteiger partial charge in [0.2, 0.25) is 11.8 Å². The van der Waals surface area contributed by atoms with Gasteiger partial charge in [0.15, 0.2) is 11.5 Å². The number of methoxy groups -OCH3 is 1. The summed E-state index contributed by atoms with van der Waals surface area (Å²) in [6.07, 6.45) is 7.21. The minimum absolute atomic E-state index is 0.0581. The van der Waals surface area contributed by atoms with Crippen LogP contribution in [0.3, 0.4) is 0 Å². The quantitative estimate of drug-likeness (QED) is 0.117. The predicted octanol–water partition coefficient (Wildman–Crippen LogP) is 8.64. The second-order valence-corrected chi connectivity index (χ2v) is 13.5. The van der Waals surface area contributed by atoms with Crippen molar-refractivity contribution >= 4 is 57.5 Å². The molecule has 3 aromatic rings. The van der Waals surface area contributed by atoms with Gasteiger partial charge >= 0.3 is 0 Å². The summed E-state index contributed by atoms with van der Waals surface area (Å²) in [5, 5.41) is 13.6. The number of hydrogen-bond donors (Lipinski definition) is 2. The molecule has 2 saturated heterocycles. The van der Waals surface area contributed by atoms with Gasteiger partial charge in [0, 0.05) is 17.3 Å². The summed E-state index contributed by atoms with van der Waals surface area (Å²) in [6, 6.07) is 21.3. The van der Waals surface area contributed by atoms with Crippen molar-refractivity contribution in [3.8, 4) is 11.5 Å². The number of carbonyl (C=O) groups excluding carboxylic acids is 2. The summed E-state index contributed by atoms with van der Waals surface area (Å²) in [5.41, 5.74) is 7.34. The topological polar surface area (TPSA) is 88.1 Å². The Bertz CT molecular complexity index is 1670. The van der Waals surface area contributed by atoms with E-state index in [0.717, 1.165) is 52.6 Å². The molecule has 2 amide bonds. The van der Waals surface area contributed by atoms with Crippen LogP contribution in [0.1, 0.15) is 57.9 Å². The van der Waals surface area contributed by atoms with Gasteiger partial charge in [-0.15, -0.1) is 0 Å². The maximum atomic E-state index is 14.0. The van der Waals surface area contributed by atoms with Crippen LogP contribution in [0.4, 0.5) is 17.1 Å². The van der Waals surface area contributed by atoms with Crippen molar-refractivity contribution < 1.29 is 24.2 Å². The van der Waals surface area contributed by atoms with E-state index in [1.807, 2.05) is 66.7 Å². The molecule has 6 rings (SSSR count). The van der Waals surface area contributed by atoms with Crippen LogP contribution in [0.2, 0.25) is 0 Å². The third-order valence-electron chi connectivity index (χ3n) is 9.57. The number of amides is 2. The maximum absolute atomic E-state index is 14.0. The van der Waals surface area contributed by atoms with Crippen LogP contribution < -0.4 is 15.0 Å². The molecule has 3 aliphatic rings. The first kappa shape index (κ1) is 32.3. The molecule has 0 spiro atoms. The minimum atomic E-state index is -0.386. The Hall–Kier alpha value is -3.63. The highest BCUT2D eigenvalue weighted by Crippen LogP contribution is 2.51. The van der Waals surface area contributed by atoms with Gasteiger partial charge in [-0.05, 0) is 114 Å². The zero-order chi connectivity index (χ0) is 32.4. The number of carbonyl (C=O) groups is 2. The van der Waals surface area contributed by atoms with Crippen molar-refractivity contribution in [3.05, 3.63) is 92.6 Å². The number of ether oxygens (including phenoxy) is 2. The van der Waals surface area contributed by atoms with Gasteiger partial charge in [-0.1, -0.05) is 55.7 Å². The molecule has 2 aliphatic heterocycles. The van der Waals surface area contributed by atoms with Crippen LogP contribution >= 0.6 is 22.6 Å². The standard InChI is InChI=1S/C38H41IN2O5/c1-4-9-25-21-29-35(38(44)41(37(29)43)28-15-13-27(14-16-28)40-26-10-7-6-8-11-26)30-22-46-32(34(25)30)17-12-23(5-2)18-24-19-31(39)36(42)33(20-24)45-3/h6-8,10-11,13-16,18-20,29-30,32,35,40,42H,4-5,9,12,17,21-22H2,1-3H3/b23-18+/t29-,30+,32-,35-/m1/s1. The van der Waals surface area contributed by atoms with E-state index >= 15 is 0 Å². The summed E-state index contributed by atoms with van der Waals surface area (Å²) in [6.45, 7) is 4.80. The molecule has 4 atom stereocenters. The molecular formula is C38H41IN2O5. The van der Waals surface area contributed by atoms with Crippen LogP contribution in [0.25, 0.3) is 6.08 Å². The van der Waals surface area contributed by atoms with Crippen LogP contribution in [-0.2, 0) is 14.3 Å². The Kier molecular flexibility index (Phi) is 9.84. The van der Waals surface area contributed by atoms with E-state index in [4.69, 9.17) is 9.47 Å². The smallest absolute Gasteiger partial charge is 0.238 e. The number of nitrogens with one attached hydrogen (secondary N) is 1. The van der Waals surface area contributed by atoms with Crippen LogP contribution in [0.5, 0.6) is 11.5 Å². The molecule has 7 nitrogen and oxygen atoms in total. The molecule has 0 aromatic heterocycles. The first-order valence-electron chi connectivity index (χ1n) is 16.2. The number of imide groups is 1. The highest BCUT2D eigenvalue weighted by molar-refractivity contribution is 14.1. The largest absolute Gasteiger partial charge is 0.504 e. The number of halogens is 1. The highest BCUT2D eigenvalue weighted by atomic mass is 127. The number of fused-ring (bicyclic) bond motifs is 3. The molecule has 0 saturated carbocycles. The number of phenolic OH excluding ortho intramolecular Hbond substituents is 1. The lowest BCUT2D eigenvalue weighted by molar-refractivity contribution is -0.122. The summed E-state index contributed by atoms with van der Waals surface area (Å²) in [5.74, 6) is -0.372. The number of aromatic hydroxyl groups is 1. The average Bonchev–Trinajstić information content (AvgIpc) is 3.60. The van der Waals surface area contributed by atoms with Crippen LogP contribution in [0.15, 0.2) is 83.4 Å². The van der Waals surface area contributed by atoms with Gasteiger partial charge in [-0.25, -0.2) is 0 Å². The number of nitrogens with zero attached hydrogens (tertiary/aromatic N) is 1. The Morgan fingerprint density at radius 2 is 1.78 bits per heavy atom. The summed E-state index contributed by atoms with van der Waals surface area (Å²) >= 11 is 2.12. The minimum Gasteiger partial charge on any atom is -0.504 e. The van der Waals surface area contributed by atoms with Crippen molar-refractivity contribution in [1.29, 1.82) is 0 Å². The first-order chi connectivity index (χ1) is 22.3. The average molecular weight is 733 g/mol. The summed E-state index contributed by atoms with van der Waals surface area (Å²) < 4.78 is 12.6. The van der Waals surface area contributed by atoms with E-state index < -0.39 is 0 Å². The number of allylic oxidation sites excluding steroid dienone is 2. The predicted molar refractivity (Wildman–Crippen MR) is 190 cm³/mol. The molecule has 2 fully saturated rings. The molecule has 46 heavy (non-hydrogen) atoms. The number of rotatable bonds is 11. The highest BCUT2D eigenvalue weighted by Gasteiger charge is 2.57. The van der Waals surface area contributed by atoms with Gasteiger partial charge in [0.25, 0.3) is 0 Å². The van der Waals surface area contributed by atoms with E-state index in [-0.39, 0.29) is 41.4 Å². The summed E-state index contributed by atoms with van der Waals surface area (Å²) in [4.78, 5) is 29.3. The second-order valence-electron chi connectivity index (χ2n) is 12.4. The number of phenols is 1. The lowest BCUT2D eigenvalue weighted by Gasteiger charge is -2.32.